The lowest BCUT2D eigenvalue weighted by molar-refractivity contribution is -0.145. The van der Waals surface area contributed by atoms with Crippen molar-refractivity contribution in [3.8, 4) is 0 Å². The summed E-state index contributed by atoms with van der Waals surface area (Å²) in [5.41, 5.74) is 0. The molecule has 0 aliphatic carbocycles. The number of unbranched alkanes of at least 4 members (excludes halogenated alkanes) is 21. The highest BCUT2D eigenvalue weighted by Gasteiger charge is 2.13. The number of esters is 2. The van der Waals surface area contributed by atoms with E-state index in [1.54, 1.807) is 0 Å². The molecule has 0 atom stereocenters. The van der Waals surface area contributed by atoms with Crippen molar-refractivity contribution < 1.29 is 24.2 Å². The van der Waals surface area contributed by atoms with Crippen molar-refractivity contribution in [3.63, 3.8) is 0 Å². The fourth-order valence-corrected chi connectivity index (χ4v) is 6.55. The summed E-state index contributed by atoms with van der Waals surface area (Å²) in [7, 11) is 0. The Morgan fingerprint density at radius 2 is 0.875 bits per heavy atom. The van der Waals surface area contributed by atoms with Crippen LogP contribution in [-0.4, -0.2) is 61.4 Å². The topological polar surface area (TPSA) is 76.1 Å². The van der Waals surface area contributed by atoms with Crippen molar-refractivity contribution >= 4 is 11.9 Å². The van der Waals surface area contributed by atoms with E-state index in [0.717, 1.165) is 64.5 Å². The van der Waals surface area contributed by atoms with Crippen molar-refractivity contribution in [2.75, 3.05) is 39.5 Å². The van der Waals surface area contributed by atoms with Crippen molar-refractivity contribution in [1.82, 2.24) is 4.90 Å². The van der Waals surface area contributed by atoms with Crippen LogP contribution >= 0.6 is 0 Å². The van der Waals surface area contributed by atoms with E-state index in [1.807, 2.05) is 0 Å². The molecule has 0 aliphatic rings. The molecular formula is C42H83NO5. The van der Waals surface area contributed by atoms with Gasteiger partial charge in [0.2, 0.25) is 0 Å². The zero-order valence-electron chi connectivity index (χ0n) is 32.6. The quantitative estimate of drug-likeness (QED) is 0.0514. The monoisotopic (exact) mass is 682 g/mol. The van der Waals surface area contributed by atoms with Gasteiger partial charge in [-0.2, -0.15) is 0 Å². The Balaban J connectivity index is 4.02. The third-order valence-corrected chi connectivity index (χ3v) is 9.80. The van der Waals surface area contributed by atoms with E-state index >= 15 is 0 Å². The van der Waals surface area contributed by atoms with Gasteiger partial charge in [-0.1, -0.05) is 156 Å². The van der Waals surface area contributed by atoms with Crippen LogP contribution in [0, 0.1) is 5.92 Å². The van der Waals surface area contributed by atoms with Crippen LogP contribution in [0.1, 0.15) is 213 Å². The number of aliphatic hydroxyl groups excluding tert-OH is 1. The molecule has 6 nitrogen and oxygen atoms in total. The fourth-order valence-electron chi connectivity index (χ4n) is 6.55. The average Bonchev–Trinajstić information content (AvgIpc) is 3.08. The number of rotatable bonds is 39. The molecule has 0 rings (SSSR count). The molecule has 0 radical (unpaired) electrons. The second kappa shape index (κ2) is 38.7. The fraction of sp³-hybridized carbons (Fsp3) is 0.952. The third-order valence-electron chi connectivity index (χ3n) is 9.80. The number of aliphatic hydroxyl groups is 1. The minimum atomic E-state index is -0.0604. The lowest BCUT2D eigenvalue weighted by Crippen LogP contribution is -2.29. The molecule has 0 aliphatic heterocycles. The smallest absolute Gasteiger partial charge is 0.305 e. The van der Waals surface area contributed by atoms with E-state index in [-0.39, 0.29) is 18.5 Å². The minimum Gasteiger partial charge on any atom is -0.466 e. The predicted octanol–water partition coefficient (Wildman–Crippen LogP) is 11.7. The lowest BCUT2D eigenvalue weighted by Gasteiger charge is -2.21. The van der Waals surface area contributed by atoms with Crippen molar-refractivity contribution in [2.45, 2.75) is 213 Å². The number of carbonyl (C=O) groups excluding carboxylic acids is 2. The molecule has 0 aromatic rings. The molecule has 0 aromatic carbocycles. The summed E-state index contributed by atoms with van der Waals surface area (Å²) in [6, 6.07) is 0. The van der Waals surface area contributed by atoms with E-state index in [1.165, 1.54) is 128 Å². The summed E-state index contributed by atoms with van der Waals surface area (Å²) < 4.78 is 11.2. The summed E-state index contributed by atoms with van der Waals surface area (Å²) >= 11 is 0. The Morgan fingerprint density at radius 3 is 1.33 bits per heavy atom. The van der Waals surface area contributed by atoms with Gasteiger partial charge in [-0.3, -0.25) is 9.59 Å². The number of nitrogens with zero attached hydrogens (tertiary/aromatic N) is 1. The van der Waals surface area contributed by atoms with E-state index in [4.69, 9.17) is 9.47 Å². The van der Waals surface area contributed by atoms with Crippen molar-refractivity contribution in [1.29, 1.82) is 0 Å². The highest BCUT2D eigenvalue weighted by atomic mass is 16.5. The highest BCUT2D eigenvalue weighted by molar-refractivity contribution is 5.69. The van der Waals surface area contributed by atoms with Gasteiger partial charge in [-0.15, -0.1) is 0 Å². The van der Waals surface area contributed by atoms with Gasteiger partial charge in [0.1, 0.15) is 0 Å². The van der Waals surface area contributed by atoms with E-state index in [0.29, 0.717) is 38.5 Å². The molecule has 0 aromatic heterocycles. The number of ether oxygens (including phenoxy) is 2. The molecule has 0 fully saturated rings. The van der Waals surface area contributed by atoms with Gasteiger partial charge in [-0.25, -0.2) is 0 Å². The summed E-state index contributed by atoms with van der Waals surface area (Å²) in [5, 5.41) is 9.52. The zero-order chi connectivity index (χ0) is 35.2. The summed E-state index contributed by atoms with van der Waals surface area (Å²) in [6.45, 7) is 10.7. The number of carbonyl (C=O) groups is 2. The first-order valence-corrected chi connectivity index (χ1v) is 21.2. The van der Waals surface area contributed by atoms with Crippen LogP contribution in [0.25, 0.3) is 0 Å². The Hall–Kier alpha value is -1.14. The van der Waals surface area contributed by atoms with Gasteiger partial charge < -0.3 is 19.5 Å². The van der Waals surface area contributed by atoms with E-state index < -0.39 is 0 Å². The van der Waals surface area contributed by atoms with Crippen LogP contribution in [0.3, 0.4) is 0 Å². The third kappa shape index (κ3) is 34.7. The Labute approximate surface area is 299 Å². The zero-order valence-corrected chi connectivity index (χ0v) is 32.6. The maximum absolute atomic E-state index is 12.5. The van der Waals surface area contributed by atoms with Gasteiger partial charge >= 0.3 is 11.9 Å². The lowest BCUT2D eigenvalue weighted by atomic mass is 9.94. The van der Waals surface area contributed by atoms with E-state index in [2.05, 4.69) is 25.7 Å². The first-order valence-electron chi connectivity index (χ1n) is 21.2. The molecule has 6 heteroatoms. The molecule has 0 bridgehead atoms. The standard InChI is InChI=1S/C42H83NO5/c1-4-7-10-13-16-17-20-29-38-47-41(45)32-25-21-27-34-43(36-37-44)35-28-22-26-33-42(46)48-39-40(30-23-18-14-11-8-5-2)31-24-19-15-12-9-6-3/h40,44H,4-39H2,1-3H3. The summed E-state index contributed by atoms with van der Waals surface area (Å²) in [5.74, 6) is 0.424. The van der Waals surface area contributed by atoms with E-state index in [9.17, 15) is 14.7 Å². The minimum absolute atomic E-state index is 0.0329. The van der Waals surface area contributed by atoms with Crippen LogP contribution in [0.5, 0.6) is 0 Å². The van der Waals surface area contributed by atoms with Crippen LogP contribution in [0.2, 0.25) is 0 Å². The van der Waals surface area contributed by atoms with Crippen LogP contribution in [0.15, 0.2) is 0 Å². The van der Waals surface area contributed by atoms with Crippen molar-refractivity contribution in [3.05, 3.63) is 0 Å². The summed E-state index contributed by atoms with van der Waals surface area (Å²) in [6.07, 6.45) is 35.0. The Bertz CT molecular complexity index is 656. The molecule has 0 saturated heterocycles. The SMILES string of the molecule is CCCCCCCCCCOC(=O)CCCCCN(CCO)CCCCCC(=O)OCC(CCCCCCCC)CCCCCCCC. The first-order chi connectivity index (χ1) is 23.6. The molecule has 0 heterocycles. The normalized spacial score (nSPS) is 11.5. The molecular weight excluding hydrogens is 598 g/mol. The first kappa shape index (κ1) is 46.9. The van der Waals surface area contributed by atoms with Gasteiger partial charge in [0.15, 0.2) is 0 Å². The van der Waals surface area contributed by atoms with Gasteiger partial charge in [0.25, 0.3) is 0 Å². The number of hydrogen-bond donors (Lipinski definition) is 1. The summed E-state index contributed by atoms with van der Waals surface area (Å²) in [4.78, 5) is 26.9. The average molecular weight is 682 g/mol. The highest BCUT2D eigenvalue weighted by Crippen LogP contribution is 2.20. The predicted molar refractivity (Wildman–Crippen MR) is 204 cm³/mol. The van der Waals surface area contributed by atoms with Crippen LogP contribution in [0.4, 0.5) is 0 Å². The second-order valence-corrected chi connectivity index (χ2v) is 14.5. The second-order valence-electron chi connectivity index (χ2n) is 14.5. The van der Waals surface area contributed by atoms with Gasteiger partial charge in [-0.05, 0) is 64.0 Å². The molecule has 48 heavy (non-hydrogen) atoms. The van der Waals surface area contributed by atoms with Crippen LogP contribution in [-0.2, 0) is 19.1 Å². The maximum atomic E-state index is 12.5. The number of hydrogen-bond acceptors (Lipinski definition) is 6. The molecule has 0 unspecified atom stereocenters. The Morgan fingerprint density at radius 1 is 0.479 bits per heavy atom. The molecule has 286 valence electrons. The maximum Gasteiger partial charge on any atom is 0.305 e. The molecule has 0 saturated carbocycles. The van der Waals surface area contributed by atoms with Crippen LogP contribution < -0.4 is 0 Å². The van der Waals surface area contributed by atoms with Gasteiger partial charge in [0, 0.05) is 19.4 Å². The molecule has 0 amide bonds. The molecule has 1 N–H and O–H groups in total. The van der Waals surface area contributed by atoms with Gasteiger partial charge in [0.05, 0.1) is 19.8 Å². The largest absolute Gasteiger partial charge is 0.466 e. The van der Waals surface area contributed by atoms with Crippen molar-refractivity contribution in [2.24, 2.45) is 5.92 Å². The Kier molecular flexibility index (Phi) is 37.7. The molecule has 0 spiro atoms.